The van der Waals surface area contributed by atoms with Gasteiger partial charge in [-0.1, -0.05) is 50.6 Å². The molecule has 0 aliphatic heterocycles. The zero-order valence-corrected chi connectivity index (χ0v) is 24.4. The van der Waals surface area contributed by atoms with Gasteiger partial charge in [0, 0.05) is 43.2 Å². The molecule has 2 atom stereocenters. The molecule has 0 spiro atoms. The minimum atomic E-state index is -1.26. The lowest BCUT2D eigenvalue weighted by Crippen LogP contribution is -2.30. The zero-order valence-electron chi connectivity index (χ0n) is 22.3. The van der Waals surface area contributed by atoms with E-state index in [4.69, 9.17) is 14.9 Å². The Morgan fingerprint density at radius 3 is 2.76 bits per heavy atom. The number of rotatable bonds is 9. The standard InChI is InChI=1S/C29H33FIN5O2/c1-17-6-11-22(30)25(12-17)38-26-14-23(33-16-29(3,4)37)28-32-15-24(36(28)35-26)19-7-10-21(18(2)13-19)27(31-5)34-20-8-9-20/h6-8,10-15,22,25,33-34,37H,9,16H2,1-5H3/p+1. The van der Waals surface area contributed by atoms with Gasteiger partial charge in [0.15, 0.2) is 23.5 Å². The minimum absolute atomic E-state index is 0.117. The Morgan fingerprint density at radius 2 is 2.08 bits per heavy atom. The van der Waals surface area contributed by atoms with Crippen molar-refractivity contribution in [2.24, 2.45) is 0 Å². The maximum absolute atomic E-state index is 14.6. The van der Waals surface area contributed by atoms with E-state index in [1.165, 1.54) is 26.5 Å². The Balaban J connectivity index is 1.53. The number of ether oxygens (including phenoxy) is 1. The molecule has 0 amide bonds. The van der Waals surface area contributed by atoms with Crippen molar-refractivity contribution in [1.29, 1.82) is 0 Å². The van der Waals surface area contributed by atoms with Crippen molar-refractivity contribution in [3.8, 4) is 17.1 Å². The van der Waals surface area contributed by atoms with Crippen molar-refractivity contribution in [1.82, 2.24) is 19.9 Å². The lowest BCUT2D eigenvalue weighted by molar-refractivity contribution is 0.0945. The van der Waals surface area contributed by atoms with Gasteiger partial charge in [0.05, 0.1) is 27.8 Å². The van der Waals surface area contributed by atoms with Gasteiger partial charge >= 0.3 is 0 Å². The van der Waals surface area contributed by atoms with Gasteiger partial charge in [-0.3, -0.25) is 0 Å². The number of fused-ring (bicyclic) bond motifs is 1. The monoisotopic (exact) mass is 630 g/mol. The molecule has 3 aromatic rings. The molecule has 0 saturated heterocycles. The fraction of sp³-hybridized carbons (Fsp3) is 0.345. The van der Waals surface area contributed by atoms with Crippen LogP contribution in [-0.4, -0.2) is 52.7 Å². The Hall–Kier alpha value is -3.05. The van der Waals surface area contributed by atoms with Crippen LogP contribution in [0.5, 0.6) is 5.88 Å². The smallest absolute Gasteiger partial charge is 0.234 e. The van der Waals surface area contributed by atoms with E-state index < -0.39 is 17.9 Å². The van der Waals surface area contributed by atoms with Gasteiger partial charge in [-0.25, -0.2) is 13.9 Å². The van der Waals surface area contributed by atoms with Crippen LogP contribution in [0.3, 0.4) is 0 Å². The number of anilines is 1. The molecular weight excluding hydrogens is 596 g/mol. The quantitative estimate of drug-likeness (QED) is 0.194. The molecule has 200 valence electrons. The molecule has 38 heavy (non-hydrogen) atoms. The first-order valence-corrected chi connectivity index (χ1v) is 15.8. The van der Waals surface area contributed by atoms with E-state index in [-0.39, 0.29) is 26.6 Å². The molecule has 9 heteroatoms. The third-order valence-electron chi connectivity index (χ3n) is 6.33. The predicted molar refractivity (Wildman–Crippen MR) is 161 cm³/mol. The summed E-state index contributed by atoms with van der Waals surface area (Å²) in [5, 5.41) is 19.9. The summed E-state index contributed by atoms with van der Waals surface area (Å²) in [7, 11) is 0. The SMILES string of the molecule is CI=C(NC1=CC1)c1ccc(-c2cnc3c(NCC(C)(C)[OH2+])cc(OC4C=C(C)C=CC4F)nn23)cc1C. The highest BCUT2D eigenvalue weighted by Crippen LogP contribution is 2.30. The van der Waals surface area contributed by atoms with E-state index in [9.17, 15) is 4.39 Å². The molecule has 0 bridgehead atoms. The Kier molecular flexibility index (Phi) is 7.41. The number of nitrogens with zero attached hydrogens (tertiary/aromatic N) is 3. The minimum Gasteiger partial charge on any atom is -0.466 e. The van der Waals surface area contributed by atoms with Gasteiger partial charge in [0.2, 0.25) is 5.88 Å². The molecule has 2 heterocycles. The Bertz CT molecular complexity index is 1500. The van der Waals surface area contributed by atoms with Crippen molar-refractivity contribution in [2.45, 2.75) is 52.0 Å². The van der Waals surface area contributed by atoms with Crippen molar-refractivity contribution in [3.63, 3.8) is 0 Å². The van der Waals surface area contributed by atoms with Crippen LogP contribution < -0.4 is 15.4 Å². The largest absolute Gasteiger partial charge is 0.466 e. The predicted octanol–water partition coefficient (Wildman–Crippen LogP) is 5.18. The van der Waals surface area contributed by atoms with Crippen LogP contribution in [0.25, 0.3) is 16.9 Å². The number of benzene rings is 1. The molecule has 0 fully saturated rings. The molecule has 2 aromatic heterocycles. The van der Waals surface area contributed by atoms with E-state index in [0.717, 1.165) is 23.3 Å². The van der Waals surface area contributed by atoms with Gasteiger partial charge in [0.25, 0.3) is 0 Å². The van der Waals surface area contributed by atoms with E-state index in [2.05, 4.69) is 51.7 Å². The van der Waals surface area contributed by atoms with Crippen molar-refractivity contribution >= 4 is 35.7 Å². The highest BCUT2D eigenvalue weighted by molar-refractivity contribution is 14.2. The lowest BCUT2D eigenvalue weighted by atomic mass is 10.0. The van der Waals surface area contributed by atoms with Gasteiger partial charge in [-0.15, -0.1) is 5.10 Å². The molecule has 5 rings (SSSR count). The number of alkyl halides is 2. The average molecular weight is 631 g/mol. The Labute approximate surface area is 232 Å². The van der Waals surface area contributed by atoms with Gasteiger partial charge in [-0.05, 0) is 42.6 Å². The van der Waals surface area contributed by atoms with Crippen molar-refractivity contribution in [2.75, 3.05) is 16.8 Å². The summed E-state index contributed by atoms with van der Waals surface area (Å²) in [6.07, 6.45) is 8.05. The topological polar surface area (TPSA) is 86.4 Å². The van der Waals surface area contributed by atoms with Gasteiger partial charge < -0.3 is 20.5 Å². The molecule has 2 aliphatic rings. The Morgan fingerprint density at radius 1 is 1.29 bits per heavy atom. The molecule has 4 N–H and O–H groups in total. The first kappa shape index (κ1) is 26.6. The second kappa shape index (κ2) is 10.6. The van der Waals surface area contributed by atoms with Crippen LogP contribution in [-0.2, 0) is 0 Å². The first-order chi connectivity index (χ1) is 18.1. The molecule has 7 nitrogen and oxygen atoms in total. The zero-order chi connectivity index (χ0) is 27.0. The van der Waals surface area contributed by atoms with E-state index in [1.807, 2.05) is 20.8 Å². The highest BCUT2D eigenvalue weighted by atomic mass is 127. The van der Waals surface area contributed by atoms with Gasteiger partial charge in [0.1, 0.15) is 0 Å². The van der Waals surface area contributed by atoms with Crippen LogP contribution in [0.1, 0.15) is 38.3 Å². The maximum atomic E-state index is 14.6. The number of allylic oxidation sites excluding steroid dienone is 4. The normalized spacial score (nSPS) is 19.5. The van der Waals surface area contributed by atoms with Crippen molar-refractivity contribution < 1.29 is 14.2 Å². The molecule has 0 saturated carbocycles. The summed E-state index contributed by atoms with van der Waals surface area (Å²) in [6.45, 7) is 8.12. The van der Waals surface area contributed by atoms with E-state index in [1.54, 1.807) is 28.9 Å². The van der Waals surface area contributed by atoms with Crippen molar-refractivity contribution in [3.05, 3.63) is 77.2 Å². The summed E-state index contributed by atoms with van der Waals surface area (Å²) >= 11 is -0.117. The first-order valence-electron chi connectivity index (χ1n) is 12.6. The second-order valence-electron chi connectivity index (χ2n) is 10.4. The fourth-order valence-electron chi connectivity index (χ4n) is 4.22. The molecular formula is C29H34FIN5O2+. The molecule has 1 aromatic carbocycles. The third-order valence-corrected chi connectivity index (χ3v) is 8.26. The van der Waals surface area contributed by atoms with E-state index in [0.29, 0.717) is 17.9 Å². The fourth-order valence-corrected chi connectivity index (χ4v) is 6.03. The molecule has 0 radical (unpaired) electrons. The van der Waals surface area contributed by atoms with Crippen LogP contribution >= 0.6 is 20.7 Å². The molecule has 2 aliphatic carbocycles. The number of imidazole rings is 1. The summed E-state index contributed by atoms with van der Waals surface area (Å²) in [5.41, 5.74) is 7.07. The number of halogens is 2. The molecule has 2 unspecified atom stereocenters. The summed E-state index contributed by atoms with van der Waals surface area (Å²) in [6, 6.07) is 8.16. The number of aromatic nitrogens is 3. The number of nitrogens with one attached hydrogen (secondary N) is 2. The second-order valence-corrected chi connectivity index (χ2v) is 12.6. The maximum Gasteiger partial charge on any atom is 0.234 e. The lowest BCUT2D eigenvalue weighted by Gasteiger charge is -2.21. The summed E-state index contributed by atoms with van der Waals surface area (Å²) in [4.78, 5) is 6.93. The number of aryl methyl sites for hydroxylation is 1. The van der Waals surface area contributed by atoms with Crippen LogP contribution in [0.2, 0.25) is 0 Å². The average Bonchev–Trinajstić information content (AvgIpc) is 3.59. The number of hydrogen-bond acceptors (Lipinski definition) is 5. The van der Waals surface area contributed by atoms with Crippen LogP contribution in [0.4, 0.5) is 10.1 Å². The van der Waals surface area contributed by atoms with E-state index >= 15 is 0 Å². The summed E-state index contributed by atoms with van der Waals surface area (Å²) in [5.74, 6) is 0.288. The number of hydrogen-bond donors (Lipinski definition) is 2. The third kappa shape index (κ3) is 5.99. The van der Waals surface area contributed by atoms with Crippen LogP contribution in [0.15, 0.2) is 66.0 Å². The highest BCUT2D eigenvalue weighted by Gasteiger charge is 2.24. The summed E-state index contributed by atoms with van der Waals surface area (Å²) < 4.78 is 23.7. The van der Waals surface area contributed by atoms with Crippen LogP contribution in [0, 0.1) is 6.92 Å². The van der Waals surface area contributed by atoms with Gasteiger partial charge in [-0.2, -0.15) is 0 Å².